The van der Waals surface area contributed by atoms with Gasteiger partial charge in [0.1, 0.15) is 0 Å². The van der Waals surface area contributed by atoms with Gasteiger partial charge < -0.3 is 20.2 Å². The Morgan fingerprint density at radius 1 is 0.917 bits per heavy atom. The molecule has 8 heteroatoms. The molecule has 0 unspecified atom stereocenters. The molecule has 0 saturated heterocycles. The van der Waals surface area contributed by atoms with Crippen molar-refractivity contribution in [1.82, 2.24) is 30.4 Å². The van der Waals surface area contributed by atoms with Crippen LogP contribution in [0.15, 0.2) is 22.9 Å². The van der Waals surface area contributed by atoms with Crippen LogP contribution < -0.4 is 9.97 Å². The zero-order chi connectivity index (χ0) is 8.23. The highest BCUT2D eigenvalue weighted by molar-refractivity contribution is 5.12. The SMILES string of the molecule is c1nnc(/N=N/c2nnc[n-]2)[n-]1. The molecule has 0 aliphatic rings. The molecule has 0 bridgehead atoms. The Hall–Kier alpha value is -2.12. The maximum atomic E-state index is 3.66. The van der Waals surface area contributed by atoms with Crippen molar-refractivity contribution in [2.75, 3.05) is 0 Å². The van der Waals surface area contributed by atoms with Gasteiger partial charge in [-0.25, -0.2) is 0 Å². The van der Waals surface area contributed by atoms with Crippen LogP contribution in [-0.4, -0.2) is 20.4 Å². The van der Waals surface area contributed by atoms with Crippen LogP contribution in [0, 0.1) is 0 Å². The summed E-state index contributed by atoms with van der Waals surface area (Å²) >= 11 is 0. The molecule has 12 heavy (non-hydrogen) atoms. The fraction of sp³-hybridized carbons (Fsp3) is 0. The summed E-state index contributed by atoms with van der Waals surface area (Å²) in [5, 5.41) is 21.1. The lowest BCUT2D eigenvalue weighted by molar-refractivity contribution is 1.01. The zero-order valence-corrected chi connectivity index (χ0v) is 5.73. The van der Waals surface area contributed by atoms with E-state index >= 15 is 0 Å². The van der Waals surface area contributed by atoms with Crippen LogP contribution in [0.4, 0.5) is 11.9 Å². The van der Waals surface area contributed by atoms with E-state index in [0.29, 0.717) is 0 Å². The maximum absolute atomic E-state index is 3.66. The minimum absolute atomic E-state index is 0.180. The number of rotatable bonds is 2. The van der Waals surface area contributed by atoms with Crippen LogP contribution >= 0.6 is 0 Å². The molecule has 0 saturated carbocycles. The average Bonchev–Trinajstić information content (AvgIpc) is 2.74. The van der Waals surface area contributed by atoms with Crippen molar-refractivity contribution in [3.05, 3.63) is 12.7 Å². The minimum atomic E-state index is 0.180. The van der Waals surface area contributed by atoms with E-state index in [1.54, 1.807) is 0 Å². The van der Waals surface area contributed by atoms with Gasteiger partial charge in [0.15, 0.2) is 0 Å². The lowest BCUT2D eigenvalue weighted by Crippen LogP contribution is -1.70. The fourth-order valence-corrected chi connectivity index (χ4v) is 0.543. The van der Waals surface area contributed by atoms with Crippen molar-refractivity contribution in [2.24, 2.45) is 10.2 Å². The first-order valence-electron chi connectivity index (χ1n) is 2.97. The number of nitrogens with zero attached hydrogens (tertiary/aromatic N) is 8. The topological polar surface area (TPSA) is 104 Å². The Morgan fingerprint density at radius 2 is 1.42 bits per heavy atom. The summed E-state index contributed by atoms with van der Waals surface area (Å²) < 4.78 is 0. The van der Waals surface area contributed by atoms with Gasteiger partial charge in [0.05, 0.1) is 11.9 Å². The van der Waals surface area contributed by atoms with E-state index in [1.807, 2.05) is 0 Å². The highest BCUT2D eigenvalue weighted by Crippen LogP contribution is 2.04. The maximum Gasteiger partial charge on any atom is 0.0970 e. The van der Waals surface area contributed by atoms with E-state index in [9.17, 15) is 0 Å². The Morgan fingerprint density at radius 3 is 1.75 bits per heavy atom. The summed E-state index contributed by atoms with van der Waals surface area (Å²) in [4.78, 5) is 7.31. The van der Waals surface area contributed by atoms with Crippen molar-refractivity contribution < 1.29 is 0 Å². The second-order valence-electron chi connectivity index (χ2n) is 1.72. The molecule has 0 radical (unpaired) electrons. The second kappa shape index (κ2) is 2.86. The molecule has 60 valence electrons. The van der Waals surface area contributed by atoms with Crippen molar-refractivity contribution >= 4 is 11.9 Å². The molecule has 0 aromatic carbocycles. The molecule has 0 N–H and O–H groups in total. The third kappa shape index (κ3) is 1.31. The van der Waals surface area contributed by atoms with Crippen LogP contribution in [0.1, 0.15) is 0 Å². The van der Waals surface area contributed by atoms with Gasteiger partial charge >= 0.3 is 0 Å². The highest BCUT2D eigenvalue weighted by atomic mass is 15.4. The van der Waals surface area contributed by atoms with Gasteiger partial charge in [0, 0.05) is 12.7 Å². The molecule has 0 atom stereocenters. The Labute approximate surface area is 66.2 Å². The predicted octanol–water partition coefficient (Wildman–Crippen LogP) is -0.404. The van der Waals surface area contributed by atoms with Gasteiger partial charge in [-0.2, -0.15) is 0 Å². The number of aromatic nitrogens is 6. The number of hydrogen-bond acceptors (Lipinski definition) is 6. The van der Waals surface area contributed by atoms with E-state index in [2.05, 4.69) is 40.6 Å². The highest BCUT2D eigenvalue weighted by Gasteiger charge is 1.77. The van der Waals surface area contributed by atoms with Gasteiger partial charge in [-0.3, -0.25) is 20.4 Å². The standard InChI is InChI=1S/C4H2N8/c1-5-3(9-7-1)11-12-4-6-2-8-10-4/h1-2H/q-2/b12-11+. The summed E-state index contributed by atoms with van der Waals surface area (Å²) in [7, 11) is 0. The van der Waals surface area contributed by atoms with E-state index in [-0.39, 0.29) is 11.9 Å². The van der Waals surface area contributed by atoms with E-state index in [0.717, 1.165) is 0 Å². The first-order chi connectivity index (χ1) is 5.95. The van der Waals surface area contributed by atoms with Crippen molar-refractivity contribution in [1.29, 1.82) is 0 Å². The third-order valence-corrected chi connectivity index (χ3v) is 0.973. The Kier molecular flexibility index (Phi) is 1.57. The van der Waals surface area contributed by atoms with Crippen LogP contribution in [0.25, 0.3) is 0 Å². The number of azo groups is 1. The molecule has 0 aliphatic carbocycles. The second-order valence-corrected chi connectivity index (χ2v) is 1.72. The average molecular weight is 162 g/mol. The summed E-state index contributed by atoms with van der Waals surface area (Å²) in [5.41, 5.74) is 0. The lowest BCUT2D eigenvalue weighted by Gasteiger charge is -1.93. The van der Waals surface area contributed by atoms with E-state index in [1.165, 1.54) is 12.7 Å². The first kappa shape index (κ1) is 6.58. The largest absolute Gasteiger partial charge is 0.321 e. The Bertz CT molecular complexity index is 308. The summed E-state index contributed by atoms with van der Waals surface area (Å²) in [5.74, 6) is 0.361. The fourth-order valence-electron chi connectivity index (χ4n) is 0.543. The molecule has 0 amide bonds. The van der Waals surface area contributed by atoms with Crippen LogP contribution in [-0.2, 0) is 0 Å². The third-order valence-electron chi connectivity index (χ3n) is 0.973. The normalized spacial score (nSPS) is 11.0. The van der Waals surface area contributed by atoms with Gasteiger partial charge in [0.25, 0.3) is 0 Å². The molecule has 0 aliphatic heterocycles. The monoisotopic (exact) mass is 162 g/mol. The molecule has 2 rings (SSSR count). The molecule has 2 heterocycles. The molecular formula is C4H2N8-2. The van der Waals surface area contributed by atoms with Crippen molar-refractivity contribution in [3.8, 4) is 0 Å². The first-order valence-corrected chi connectivity index (χ1v) is 2.97. The molecule has 2 aromatic rings. The smallest absolute Gasteiger partial charge is 0.0970 e. The van der Waals surface area contributed by atoms with Crippen LogP contribution in [0.5, 0.6) is 0 Å². The molecule has 2 aromatic heterocycles. The molecule has 0 spiro atoms. The summed E-state index contributed by atoms with van der Waals surface area (Å²) in [6.45, 7) is 0. The van der Waals surface area contributed by atoms with Gasteiger partial charge in [-0.1, -0.05) is 0 Å². The predicted molar refractivity (Wildman–Crippen MR) is 34.9 cm³/mol. The molecular weight excluding hydrogens is 160 g/mol. The lowest BCUT2D eigenvalue weighted by atomic mass is 11.0. The Balaban J connectivity index is 2.14. The minimum Gasteiger partial charge on any atom is -0.321 e. The van der Waals surface area contributed by atoms with Gasteiger partial charge in [-0.15, -0.1) is 0 Å². The summed E-state index contributed by atoms with van der Waals surface area (Å²) in [6.07, 6.45) is 2.55. The number of hydrogen-bond donors (Lipinski definition) is 0. The quantitative estimate of drug-likeness (QED) is 0.556. The van der Waals surface area contributed by atoms with Crippen molar-refractivity contribution in [2.45, 2.75) is 0 Å². The van der Waals surface area contributed by atoms with Crippen molar-refractivity contribution in [3.63, 3.8) is 0 Å². The molecule has 8 nitrogen and oxygen atoms in total. The van der Waals surface area contributed by atoms with Gasteiger partial charge in [-0.05, 0) is 0 Å². The zero-order valence-electron chi connectivity index (χ0n) is 5.73. The molecule has 0 fully saturated rings. The van der Waals surface area contributed by atoms with Gasteiger partial charge in [0.2, 0.25) is 0 Å². The summed E-state index contributed by atoms with van der Waals surface area (Å²) in [6, 6.07) is 0. The van der Waals surface area contributed by atoms with Crippen LogP contribution in [0.3, 0.4) is 0 Å². The van der Waals surface area contributed by atoms with Crippen LogP contribution in [0.2, 0.25) is 0 Å². The van der Waals surface area contributed by atoms with E-state index in [4.69, 9.17) is 0 Å². The van der Waals surface area contributed by atoms with E-state index < -0.39 is 0 Å².